The molecule has 0 aromatic rings. The monoisotopic (exact) mass is 226 g/mol. The molecule has 3 aliphatic heterocycles. The lowest BCUT2D eigenvalue weighted by molar-refractivity contribution is -0.146. The van der Waals surface area contributed by atoms with E-state index in [9.17, 15) is 4.79 Å². The number of hydrogen-bond acceptors (Lipinski definition) is 4. The third-order valence-electron chi connectivity index (χ3n) is 3.53. The van der Waals surface area contributed by atoms with Crippen LogP contribution in [0.25, 0.3) is 0 Å². The Morgan fingerprint density at radius 1 is 1.44 bits per heavy atom. The molecular formula is C12H22N2O2. The Labute approximate surface area is 97.3 Å². The predicted molar refractivity (Wildman–Crippen MR) is 62.2 cm³/mol. The van der Waals surface area contributed by atoms with Crippen LogP contribution in [0, 0.1) is 5.92 Å². The third kappa shape index (κ3) is 2.95. The maximum atomic E-state index is 11.4. The zero-order chi connectivity index (χ0) is 11.5. The van der Waals surface area contributed by atoms with E-state index in [1.165, 1.54) is 25.9 Å². The van der Waals surface area contributed by atoms with Gasteiger partial charge in [-0.05, 0) is 45.7 Å². The van der Waals surface area contributed by atoms with E-state index in [1.807, 2.05) is 13.8 Å². The number of nitrogens with one attached hydrogen (secondary N) is 1. The Bertz CT molecular complexity index is 247. The summed E-state index contributed by atoms with van der Waals surface area (Å²) < 4.78 is 5.11. The quantitative estimate of drug-likeness (QED) is 0.714. The highest BCUT2D eigenvalue weighted by molar-refractivity contribution is 5.71. The summed E-state index contributed by atoms with van der Waals surface area (Å²) in [5.74, 6) is 0.628. The van der Waals surface area contributed by atoms with E-state index in [-0.39, 0.29) is 12.1 Å². The molecule has 0 amide bonds. The summed E-state index contributed by atoms with van der Waals surface area (Å²) >= 11 is 0. The summed E-state index contributed by atoms with van der Waals surface area (Å²) in [4.78, 5) is 13.9. The Morgan fingerprint density at radius 3 is 2.62 bits per heavy atom. The molecule has 1 unspecified atom stereocenters. The van der Waals surface area contributed by atoms with Gasteiger partial charge in [0.1, 0.15) is 0 Å². The molecule has 16 heavy (non-hydrogen) atoms. The number of nitrogens with zero attached hydrogens (tertiary/aromatic N) is 1. The standard InChI is InChI=1S/C12H22N2O2/c1-9(2)16-12(15)7-13-11-8-14-5-3-10(11)4-6-14/h9-11,13H,3-8H2,1-2H3. The van der Waals surface area contributed by atoms with Gasteiger partial charge in [0.15, 0.2) is 0 Å². The van der Waals surface area contributed by atoms with Crippen LogP contribution >= 0.6 is 0 Å². The Hall–Kier alpha value is -0.610. The molecule has 0 radical (unpaired) electrons. The molecule has 4 heteroatoms. The number of piperidine rings is 3. The third-order valence-corrected chi connectivity index (χ3v) is 3.53. The highest BCUT2D eigenvalue weighted by Crippen LogP contribution is 2.27. The van der Waals surface area contributed by atoms with Crippen molar-refractivity contribution in [2.45, 2.75) is 38.8 Å². The molecule has 3 aliphatic rings. The molecule has 1 N–H and O–H groups in total. The van der Waals surface area contributed by atoms with Gasteiger partial charge < -0.3 is 15.0 Å². The van der Waals surface area contributed by atoms with Crippen molar-refractivity contribution >= 4 is 5.97 Å². The van der Waals surface area contributed by atoms with E-state index in [1.54, 1.807) is 0 Å². The fourth-order valence-electron chi connectivity index (χ4n) is 2.72. The zero-order valence-electron chi connectivity index (χ0n) is 10.2. The molecule has 92 valence electrons. The van der Waals surface area contributed by atoms with Gasteiger partial charge in [-0.15, -0.1) is 0 Å². The number of hydrogen-bond donors (Lipinski definition) is 1. The molecule has 0 aromatic carbocycles. The molecule has 3 saturated heterocycles. The molecule has 3 rings (SSSR count). The summed E-state index contributed by atoms with van der Waals surface area (Å²) in [6, 6.07) is 0.488. The number of ether oxygens (including phenoxy) is 1. The van der Waals surface area contributed by atoms with E-state index in [2.05, 4.69) is 10.2 Å². The summed E-state index contributed by atoms with van der Waals surface area (Å²) in [5.41, 5.74) is 0. The first-order chi connectivity index (χ1) is 7.65. The van der Waals surface area contributed by atoms with Crippen molar-refractivity contribution in [3.8, 4) is 0 Å². The second-order valence-corrected chi connectivity index (χ2v) is 5.16. The van der Waals surface area contributed by atoms with Gasteiger partial charge in [-0.1, -0.05) is 0 Å². The second kappa shape index (κ2) is 5.15. The van der Waals surface area contributed by atoms with Crippen LogP contribution in [0.2, 0.25) is 0 Å². The summed E-state index contributed by atoms with van der Waals surface area (Å²) in [5, 5.41) is 3.34. The smallest absolute Gasteiger partial charge is 0.320 e. The number of carbonyl (C=O) groups is 1. The summed E-state index contributed by atoms with van der Waals surface area (Å²) in [6.07, 6.45) is 2.54. The minimum absolute atomic E-state index is 0.0131. The van der Waals surface area contributed by atoms with E-state index in [4.69, 9.17) is 4.74 Å². The first kappa shape index (κ1) is 11.9. The van der Waals surface area contributed by atoms with Crippen molar-refractivity contribution in [2.24, 2.45) is 5.92 Å². The van der Waals surface area contributed by atoms with Crippen molar-refractivity contribution in [3.05, 3.63) is 0 Å². The topological polar surface area (TPSA) is 41.6 Å². The summed E-state index contributed by atoms with van der Waals surface area (Å²) in [6.45, 7) is 7.68. The van der Waals surface area contributed by atoms with Gasteiger partial charge in [0.25, 0.3) is 0 Å². The van der Waals surface area contributed by atoms with Crippen molar-refractivity contribution in [2.75, 3.05) is 26.2 Å². The lowest BCUT2D eigenvalue weighted by Crippen LogP contribution is -2.56. The molecule has 0 aromatic heterocycles. The van der Waals surface area contributed by atoms with Crippen LogP contribution in [0.4, 0.5) is 0 Å². The van der Waals surface area contributed by atoms with Crippen LogP contribution in [-0.2, 0) is 9.53 Å². The highest BCUT2D eigenvalue weighted by atomic mass is 16.5. The minimum atomic E-state index is -0.133. The Morgan fingerprint density at radius 2 is 2.12 bits per heavy atom. The average Bonchev–Trinajstić information content (AvgIpc) is 2.27. The molecule has 3 heterocycles. The maximum Gasteiger partial charge on any atom is 0.320 e. The largest absolute Gasteiger partial charge is 0.462 e. The van der Waals surface area contributed by atoms with Crippen molar-refractivity contribution in [3.63, 3.8) is 0 Å². The van der Waals surface area contributed by atoms with Crippen LogP contribution in [0.1, 0.15) is 26.7 Å². The fourth-order valence-corrected chi connectivity index (χ4v) is 2.72. The fraction of sp³-hybridized carbons (Fsp3) is 0.917. The van der Waals surface area contributed by atoms with Gasteiger partial charge >= 0.3 is 5.97 Å². The van der Waals surface area contributed by atoms with E-state index in [0.717, 1.165) is 12.5 Å². The molecule has 4 nitrogen and oxygen atoms in total. The van der Waals surface area contributed by atoms with Crippen molar-refractivity contribution in [1.82, 2.24) is 10.2 Å². The molecule has 0 aliphatic carbocycles. The lowest BCUT2D eigenvalue weighted by Gasteiger charge is -2.45. The average molecular weight is 226 g/mol. The van der Waals surface area contributed by atoms with Crippen molar-refractivity contribution in [1.29, 1.82) is 0 Å². The molecular weight excluding hydrogens is 204 g/mol. The van der Waals surface area contributed by atoms with Crippen LogP contribution in [-0.4, -0.2) is 49.2 Å². The SMILES string of the molecule is CC(C)OC(=O)CNC1CN2CCC1CC2. The van der Waals surface area contributed by atoms with Crippen LogP contribution in [0.5, 0.6) is 0 Å². The number of rotatable bonds is 4. The first-order valence-corrected chi connectivity index (χ1v) is 6.30. The lowest BCUT2D eigenvalue weighted by atomic mass is 9.84. The van der Waals surface area contributed by atoms with Gasteiger partial charge in [0, 0.05) is 12.6 Å². The number of fused-ring (bicyclic) bond motifs is 3. The maximum absolute atomic E-state index is 11.4. The Kier molecular flexibility index (Phi) is 3.82. The van der Waals surface area contributed by atoms with Gasteiger partial charge in [0.05, 0.1) is 12.6 Å². The van der Waals surface area contributed by atoms with Gasteiger partial charge in [-0.3, -0.25) is 4.79 Å². The summed E-state index contributed by atoms with van der Waals surface area (Å²) in [7, 11) is 0. The molecule has 1 atom stereocenters. The first-order valence-electron chi connectivity index (χ1n) is 6.30. The van der Waals surface area contributed by atoms with E-state index in [0.29, 0.717) is 12.6 Å². The minimum Gasteiger partial charge on any atom is -0.462 e. The van der Waals surface area contributed by atoms with Gasteiger partial charge in [-0.25, -0.2) is 0 Å². The molecule has 3 fully saturated rings. The van der Waals surface area contributed by atoms with Gasteiger partial charge in [-0.2, -0.15) is 0 Å². The van der Waals surface area contributed by atoms with E-state index < -0.39 is 0 Å². The van der Waals surface area contributed by atoms with E-state index >= 15 is 0 Å². The number of esters is 1. The van der Waals surface area contributed by atoms with Crippen LogP contribution in [0.3, 0.4) is 0 Å². The normalized spacial score (nSPS) is 33.1. The van der Waals surface area contributed by atoms with Crippen LogP contribution in [0.15, 0.2) is 0 Å². The van der Waals surface area contributed by atoms with Gasteiger partial charge in [0.2, 0.25) is 0 Å². The molecule has 0 saturated carbocycles. The predicted octanol–water partition coefficient (Wildman–Crippen LogP) is 0.622. The molecule has 0 spiro atoms. The highest BCUT2D eigenvalue weighted by Gasteiger charge is 2.33. The Balaban J connectivity index is 1.72. The van der Waals surface area contributed by atoms with Crippen molar-refractivity contribution < 1.29 is 9.53 Å². The number of carbonyl (C=O) groups excluding carboxylic acids is 1. The van der Waals surface area contributed by atoms with Crippen LogP contribution < -0.4 is 5.32 Å². The second-order valence-electron chi connectivity index (χ2n) is 5.16. The zero-order valence-corrected chi connectivity index (χ0v) is 10.2. The molecule has 2 bridgehead atoms.